The predicted octanol–water partition coefficient (Wildman–Crippen LogP) is 4.64. The van der Waals surface area contributed by atoms with Gasteiger partial charge in [-0.1, -0.05) is 31.5 Å². The summed E-state index contributed by atoms with van der Waals surface area (Å²) in [6.07, 6.45) is 3.66. The van der Waals surface area contributed by atoms with Crippen LogP contribution in [0.1, 0.15) is 42.9 Å². The SMILES string of the molecule is CCCCc1ccc(NC(=O)C2CC(=O)N(c3cc(C)cc(C)c3)C2)cc1. The van der Waals surface area contributed by atoms with Crippen molar-refractivity contribution in [1.82, 2.24) is 0 Å². The summed E-state index contributed by atoms with van der Waals surface area (Å²) in [5, 5.41) is 2.96. The molecule has 27 heavy (non-hydrogen) atoms. The molecule has 3 rings (SSSR count). The van der Waals surface area contributed by atoms with Gasteiger partial charge in [0, 0.05) is 24.3 Å². The monoisotopic (exact) mass is 364 g/mol. The molecule has 4 nitrogen and oxygen atoms in total. The van der Waals surface area contributed by atoms with E-state index in [2.05, 4.69) is 30.4 Å². The van der Waals surface area contributed by atoms with Crippen molar-refractivity contribution in [2.24, 2.45) is 5.92 Å². The largest absolute Gasteiger partial charge is 0.326 e. The number of amides is 2. The van der Waals surface area contributed by atoms with Crippen LogP contribution in [0.4, 0.5) is 11.4 Å². The second-order valence-corrected chi connectivity index (χ2v) is 7.54. The van der Waals surface area contributed by atoms with E-state index in [4.69, 9.17) is 0 Å². The smallest absolute Gasteiger partial charge is 0.229 e. The number of nitrogens with one attached hydrogen (secondary N) is 1. The zero-order valence-electron chi connectivity index (χ0n) is 16.4. The molecule has 2 aromatic carbocycles. The van der Waals surface area contributed by atoms with Gasteiger partial charge in [-0.2, -0.15) is 0 Å². The van der Waals surface area contributed by atoms with Gasteiger partial charge in [-0.05, 0) is 67.6 Å². The van der Waals surface area contributed by atoms with Crippen LogP contribution in [-0.2, 0) is 16.0 Å². The molecule has 2 amide bonds. The van der Waals surface area contributed by atoms with E-state index in [1.807, 2.05) is 38.1 Å². The van der Waals surface area contributed by atoms with Crippen molar-refractivity contribution in [3.8, 4) is 0 Å². The minimum atomic E-state index is -0.321. The first-order valence-corrected chi connectivity index (χ1v) is 9.74. The Bertz CT molecular complexity index is 807. The van der Waals surface area contributed by atoms with Crippen molar-refractivity contribution >= 4 is 23.2 Å². The van der Waals surface area contributed by atoms with Crippen molar-refractivity contribution in [2.75, 3.05) is 16.8 Å². The van der Waals surface area contributed by atoms with E-state index in [9.17, 15) is 9.59 Å². The molecule has 1 N–H and O–H groups in total. The van der Waals surface area contributed by atoms with E-state index in [0.29, 0.717) is 6.54 Å². The number of hydrogen-bond acceptors (Lipinski definition) is 2. The molecule has 0 bridgehead atoms. The fourth-order valence-electron chi connectivity index (χ4n) is 3.62. The lowest BCUT2D eigenvalue weighted by Crippen LogP contribution is -2.28. The van der Waals surface area contributed by atoms with Gasteiger partial charge >= 0.3 is 0 Å². The molecule has 1 unspecified atom stereocenters. The zero-order valence-corrected chi connectivity index (χ0v) is 16.4. The quantitative estimate of drug-likeness (QED) is 0.812. The fraction of sp³-hybridized carbons (Fsp3) is 0.391. The molecule has 1 heterocycles. The lowest BCUT2D eigenvalue weighted by molar-refractivity contribution is -0.122. The Labute approximate surface area is 161 Å². The number of nitrogens with zero attached hydrogens (tertiary/aromatic N) is 1. The van der Waals surface area contributed by atoms with E-state index in [-0.39, 0.29) is 24.2 Å². The second-order valence-electron chi connectivity index (χ2n) is 7.54. The second kappa shape index (κ2) is 8.38. The van der Waals surface area contributed by atoms with Gasteiger partial charge in [-0.3, -0.25) is 9.59 Å². The van der Waals surface area contributed by atoms with Crippen LogP contribution in [0.15, 0.2) is 42.5 Å². The average Bonchev–Trinajstić information content (AvgIpc) is 3.02. The normalized spacial score (nSPS) is 16.6. The third-order valence-corrected chi connectivity index (χ3v) is 5.05. The first-order chi connectivity index (χ1) is 13.0. The summed E-state index contributed by atoms with van der Waals surface area (Å²) in [5.74, 6) is -0.398. The number of anilines is 2. The molecule has 0 aromatic heterocycles. The summed E-state index contributed by atoms with van der Waals surface area (Å²) < 4.78 is 0. The van der Waals surface area contributed by atoms with Crippen LogP contribution < -0.4 is 10.2 Å². The van der Waals surface area contributed by atoms with Crippen LogP contribution in [0.25, 0.3) is 0 Å². The number of benzene rings is 2. The highest BCUT2D eigenvalue weighted by Gasteiger charge is 2.35. The fourth-order valence-corrected chi connectivity index (χ4v) is 3.62. The number of rotatable bonds is 6. The molecule has 0 spiro atoms. The number of carbonyl (C=O) groups is 2. The molecule has 0 saturated carbocycles. The standard InChI is InChI=1S/C23H28N2O2/c1-4-5-6-18-7-9-20(10-8-18)24-23(27)19-14-22(26)25(15-19)21-12-16(2)11-17(3)13-21/h7-13,19H,4-6,14-15H2,1-3H3,(H,24,27). The number of aryl methyl sites for hydroxylation is 3. The van der Waals surface area contributed by atoms with Gasteiger partial charge in [0.05, 0.1) is 5.92 Å². The van der Waals surface area contributed by atoms with Crippen LogP contribution in [0.3, 0.4) is 0 Å². The van der Waals surface area contributed by atoms with E-state index < -0.39 is 0 Å². The molecule has 142 valence electrons. The Kier molecular flexibility index (Phi) is 5.94. The average molecular weight is 364 g/mol. The first-order valence-electron chi connectivity index (χ1n) is 9.74. The maximum Gasteiger partial charge on any atom is 0.229 e. The molecule has 1 aliphatic rings. The molecule has 2 aromatic rings. The Balaban J connectivity index is 1.63. The van der Waals surface area contributed by atoms with Crippen LogP contribution in [-0.4, -0.2) is 18.4 Å². The van der Waals surface area contributed by atoms with Crippen molar-refractivity contribution in [2.45, 2.75) is 46.5 Å². The first kappa shape index (κ1) is 19.2. The van der Waals surface area contributed by atoms with Crippen LogP contribution >= 0.6 is 0 Å². The Morgan fingerprint density at radius 3 is 2.41 bits per heavy atom. The van der Waals surface area contributed by atoms with Gasteiger partial charge in [0.2, 0.25) is 11.8 Å². The van der Waals surface area contributed by atoms with Crippen LogP contribution in [0.5, 0.6) is 0 Å². The van der Waals surface area contributed by atoms with Gasteiger partial charge in [0.15, 0.2) is 0 Å². The van der Waals surface area contributed by atoms with E-state index in [1.54, 1.807) is 4.90 Å². The summed E-state index contributed by atoms with van der Waals surface area (Å²) in [7, 11) is 0. The highest BCUT2D eigenvalue weighted by Crippen LogP contribution is 2.27. The summed E-state index contributed by atoms with van der Waals surface area (Å²) in [4.78, 5) is 26.8. The van der Waals surface area contributed by atoms with E-state index >= 15 is 0 Å². The zero-order chi connectivity index (χ0) is 19.4. The maximum absolute atomic E-state index is 12.6. The maximum atomic E-state index is 12.6. The lowest BCUT2D eigenvalue weighted by Gasteiger charge is -2.18. The van der Waals surface area contributed by atoms with Gasteiger partial charge in [0.25, 0.3) is 0 Å². The summed E-state index contributed by atoms with van der Waals surface area (Å²) >= 11 is 0. The molecule has 1 fully saturated rings. The molecule has 1 atom stereocenters. The van der Waals surface area contributed by atoms with Crippen LogP contribution in [0, 0.1) is 19.8 Å². The number of carbonyl (C=O) groups excluding carboxylic acids is 2. The lowest BCUT2D eigenvalue weighted by atomic mass is 10.1. The van der Waals surface area contributed by atoms with Gasteiger partial charge in [-0.15, -0.1) is 0 Å². The molecular formula is C23H28N2O2. The van der Waals surface area contributed by atoms with Crippen molar-refractivity contribution < 1.29 is 9.59 Å². The molecule has 1 saturated heterocycles. The van der Waals surface area contributed by atoms with Gasteiger partial charge in [0.1, 0.15) is 0 Å². The van der Waals surface area contributed by atoms with Crippen molar-refractivity contribution in [3.63, 3.8) is 0 Å². The third kappa shape index (κ3) is 4.76. The summed E-state index contributed by atoms with van der Waals surface area (Å²) in [6, 6.07) is 14.1. The van der Waals surface area contributed by atoms with E-state index in [0.717, 1.165) is 28.9 Å². The topological polar surface area (TPSA) is 49.4 Å². The highest BCUT2D eigenvalue weighted by molar-refractivity contribution is 6.03. The van der Waals surface area contributed by atoms with Crippen LogP contribution in [0.2, 0.25) is 0 Å². The summed E-state index contributed by atoms with van der Waals surface area (Å²) in [5.41, 5.74) is 5.19. The number of hydrogen-bond donors (Lipinski definition) is 1. The Morgan fingerprint density at radius 1 is 1.11 bits per heavy atom. The molecular weight excluding hydrogens is 336 g/mol. The molecule has 4 heteroatoms. The van der Waals surface area contributed by atoms with Crippen molar-refractivity contribution in [1.29, 1.82) is 0 Å². The minimum Gasteiger partial charge on any atom is -0.326 e. The Morgan fingerprint density at radius 2 is 1.78 bits per heavy atom. The van der Waals surface area contributed by atoms with E-state index in [1.165, 1.54) is 18.4 Å². The third-order valence-electron chi connectivity index (χ3n) is 5.05. The number of unbranched alkanes of at least 4 members (excludes halogenated alkanes) is 1. The van der Waals surface area contributed by atoms with Gasteiger partial charge in [-0.25, -0.2) is 0 Å². The van der Waals surface area contributed by atoms with Crippen molar-refractivity contribution in [3.05, 3.63) is 59.2 Å². The molecule has 1 aliphatic heterocycles. The highest BCUT2D eigenvalue weighted by atomic mass is 16.2. The molecule has 0 radical (unpaired) electrons. The predicted molar refractivity (Wildman–Crippen MR) is 110 cm³/mol. The van der Waals surface area contributed by atoms with Gasteiger partial charge < -0.3 is 10.2 Å². The summed E-state index contributed by atoms with van der Waals surface area (Å²) in [6.45, 7) is 6.65. The minimum absolute atomic E-state index is 0.00932. The Hall–Kier alpha value is -2.62. The molecule has 0 aliphatic carbocycles.